The van der Waals surface area contributed by atoms with E-state index in [9.17, 15) is 0 Å². The van der Waals surface area contributed by atoms with Crippen molar-refractivity contribution in [1.29, 1.82) is 0 Å². The van der Waals surface area contributed by atoms with E-state index in [0.29, 0.717) is 0 Å². The quantitative estimate of drug-likeness (QED) is 0.738. The number of nitrogens with one attached hydrogen (secondary N) is 1. The van der Waals surface area contributed by atoms with Crippen molar-refractivity contribution in [3.63, 3.8) is 0 Å². The van der Waals surface area contributed by atoms with Crippen molar-refractivity contribution in [2.45, 2.75) is 19.8 Å². The summed E-state index contributed by atoms with van der Waals surface area (Å²) < 4.78 is 0. The molecular weight excluding hydrogens is 170 g/mol. The first-order chi connectivity index (χ1) is 6.93. The minimum atomic E-state index is 1.21. The van der Waals surface area contributed by atoms with Crippen LogP contribution in [0.4, 0.5) is 0 Å². The molecule has 0 fully saturated rings. The molecule has 0 aliphatic rings. The Morgan fingerprint density at radius 3 is 2.00 bits per heavy atom. The van der Waals surface area contributed by atoms with E-state index in [2.05, 4.69) is 42.2 Å². The van der Waals surface area contributed by atoms with Gasteiger partial charge in [0, 0.05) is 12.4 Å². The Kier molecular flexibility index (Phi) is 5.26. The summed E-state index contributed by atoms with van der Waals surface area (Å²) in [6.07, 6.45) is 6.20. The maximum Gasteiger partial charge on any atom is 0.000496 e. The number of aryl methyl sites for hydroxylation is 1. The van der Waals surface area contributed by atoms with Gasteiger partial charge in [0.05, 0.1) is 0 Å². The maximum atomic E-state index is 2.86. The molecule has 2 rings (SSSR count). The molecule has 1 heterocycles. The lowest BCUT2D eigenvalue weighted by Crippen LogP contribution is -1.78. The monoisotopic (exact) mass is 187 g/mol. The molecule has 0 saturated heterocycles. The molecule has 0 spiro atoms. The Bertz CT molecular complexity index is 280. The van der Waals surface area contributed by atoms with Crippen LogP contribution in [-0.4, -0.2) is 4.98 Å². The van der Waals surface area contributed by atoms with Crippen molar-refractivity contribution in [2.75, 3.05) is 0 Å². The molecule has 2 aromatic rings. The van der Waals surface area contributed by atoms with Gasteiger partial charge in [0.1, 0.15) is 0 Å². The molecule has 14 heavy (non-hydrogen) atoms. The largest absolute Gasteiger partial charge is 0.368 e. The molecule has 0 bridgehead atoms. The van der Waals surface area contributed by atoms with Gasteiger partial charge in [-0.25, -0.2) is 0 Å². The number of aromatic amines is 1. The minimum absolute atomic E-state index is 1.21. The zero-order chi connectivity index (χ0) is 10.1. The number of hydrogen-bond acceptors (Lipinski definition) is 0. The number of rotatable bonds is 2. The Hall–Kier alpha value is -1.50. The van der Waals surface area contributed by atoms with Gasteiger partial charge in [-0.2, -0.15) is 0 Å². The molecule has 74 valence electrons. The molecule has 1 aromatic carbocycles. The van der Waals surface area contributed by atoms with Gasteiger partial charge in [-0.1, -0.05) is 43.7 Å². The van der Waals surface area contributed by atoms with Crippen molar-refractivity contribution in [1.82, 2.24) is 4.98 Å². The van der Waals surface area contributed by atoms with E-state index in [0.717, 1.165) is 0 Å². The SMILES string of the molecule is CCCc1ccccc1.c1cc[nH]c1. The van der Waals surface area contributed by atoms with E-state index in [-0.39, 0.29) is 0 Å². The number of H-pyrrole nitrogens is 1. The molecule has 0 amide bonds. The van der Waals surface area contributed by atoms with Crippen LogP contribution >= 0.6 is 0 Å². The van der Waals surface area contributed by atoms with Crippen LogP contribution in [0.25, 0.3) is 0 Å². The first-order valence-electron chi connectivity index (χ1n) is 5.05. The van der Waals surface area contributed by atoms with Gasteiger partial charge in [0.15, 0.2) is 0 Å². The van der Waals surface area contributed by atoms with Crippen LogP contribution in [0.15, 0.2) is 54.9 Å². The highest BCUT2D eigenvalue weighted by Gasteiger charge is 1.84. The standard InChI is InChI=1S/C9H12.C4H5N/c1-2-6-9-7-4-3-5-8-9;1-2-4-5-3-1/h3-5,7-8H,2,6H2,1H3;1-5H. The van der Waals surface area contributed by atoms with Crippen molar-refractivity contribution >= 4 is 0 Å². The lowest BCUT2D eigenvalue weighted by molar-refractivity contribution is 0.922. The van der Waals surface area contributed by atoms with Gasteiger partial charge in [0.25, 0.3) is 0 Å². The Morgan fingerprint density at radius 1 is 0.929 bits per heavy atom. The first-order valence-corrected chi connectivity index (χ1v) is 5.05. The Morgan fingerprint density at radius 2 is 1.57 bits per heavy atom. The van der Waals surface area contributed by atoms with Crippen LogP contribution in [0.1, 0.15) is 18.9 Å². The van der Waals surface area contributed by atoms with Gasteiger partial charge in [-0.05, 0) is 24.1 Å². The van der Waals surface area contributed by atoms with Gasteiger partial charge in [-0.15, -0.1) is 0 Å². The normalized spacial score (nSPS) is 8.93. The molecule has 0 radical (unpaired) electrons. The van der Waals surface area contributed by atoms with E-state index in [4.69, 9.17) is 0 Å². The van der Waals surface area contributed by atoms with Gasteiger partial charge < -0.3 is 4.98 Å². The van der Waals surface area contributed by atoms with Crippen LogP contribution in [0.5, 0.6) is 0 Å². The molecule has 0 unspecified atom stereocenters. The fraction of sp³-hybridized carbons (Fsp3) is 0.231. The fourth-order valence-corrected chi connectivity index (χ4v) is 1.21. The fourth-order valence-electron chi connectivity index (χ4n) is 1.21. The van der Waals surface area contributed by atoms with E-state index >= 15 is 0 Å². The van der Waals surface area contributed by atoms with E-state index in [1.165, 1.54) is 18.4 Å². The summed E-state index contributed by atoms with van der Waals surface area (Å²) in [4.78, 5) is 2.86. The van der Waals surface area contributed by atoms with Gasteiger partial charge >= 0.3 is 0 Å². The van der Waals surface area contributed by atoms with Gasteiger partial charge in [-0.3, -0.25) is 0 Å². The highest BCUT2D eigenvalue weighted by molar-refractivity contribution is 5.14. The summed E-state index contributed by atoms with van der Waals surface area (Å²) in [6.45, 7) is 2.20. The van der Waals surface area contributed by atoms with Crippen LogP contribution in [0.3, 0.4) is 0 Å². The predicted octanol–water partition coefficient (Wildman–Crippen LogP) is 3.65. The molecule has 1 nitrogen and oxygen atoms in total. The molecule has 0 atom stereocenters. The number of hydrogen-bond donors (Lipinski definition) is 1. The van der Waals surface area contributed by atoms with Crippen molar-refractivity contribution < 1.29 is 0 Å². The molecular formula is C13H17N. The van der Waals surface area contributed by atoms with Crippen LogP contribution in [-0.2, 0) is 6.42 Å². The summed E-state index contributed by atoms with van der Waals surface area (Å²) in [5.74, 6) is 0. The molecule has 1 N–H and O–H groups in total. The zero-order valence-corrected chi connectivity index (χ0v) is 8.61. The number of aromatic nitrogens is 1. The Labute approximate surface area is 85.8 Å². The molecule has 1 heteroatoms. The molecule has 0 saturated carbocycles. The van der Waals surface area contributed by atoms with Crippen molar-refractivity contribution in [3.05, 3.63) is 60.4 Å². The smallest absolute Gasteiger partial charge is 0.000496 e. The predicted molar refractivity (Wildman–Crippen MR) is 61.2 cm³/mol. The first kappa shape index (κ1) is 10.6. The third kappa shape index (κ3) is 4.51. The average Bonchev–Trinajstić information content (AvgIpc) is 2.78. The molecule has 1 aromatic heterocycles. The second-order valence-electron chi connectivity index (χ2n) is 3.12. The lowest BCUT2D eigenvalue weighted by Gasteiger charge is -1.93. The maximum absolute atomic E-state index is 2.86. The third-order valence-electron chi connectivity index (χ3n) is 1.88. The van der Waals surface area contributed by atoms with E-state index < -0.39 is 0 Å². The van der Waals surface area contributed by atoms with Crippen LogP contribution in [0.2, 0.25) is 0 Å². The molecule has 0 aliphatic carbocycles. The summed E-state index contributed by atoms with van der Waals surface area (Å²) in [5, 5.41) is 0. The van der Waals surface area contributed by atoms with E-state index in [1.807, 2.05) is 24.5 Å². The topological polar surface area (TPSA) is 15.8 Å². The summed E-state index contributed by atoms with van der Waals surface area (Å²) >= 11 is 0. The minimum Gasteiger partial charge on any atom is -0.368 e. The third-order valence-corrected chi connectivity index (χ3v) is 1.88. The van der Waals surface area contributed by atoms with Crippen LogP contribution < -0.4 is 0 Å². The number of benzene rings is 1. The summed E-state index contributed by atoms with van der Waals surface area (Å²) in [6, 6.07) is 14.5. The van der Waals surface area contributed by atoms with Crippen LogP contribution in [0, 0.1) is 0 Å². The lowest BCUT2D eigenvalue weighted by atomic mass is 10.1. The second-order valence-corrected chi connectivity index (χ2v) is 3.12. The average molecular weight is 187 g/mol. The highest BCUT2D eigenvalue weighted by Crippen LogP contribution is 2.00. The molecule has 0 aliphatic heterocycles. The highest BCUT2D eigenvalue weighted by atomic mass is 14.6. The van der Waals surface area contributed by atoms with Crippen molar-refractivity contribution in [2.24, 2.45) is 0 Å². The van der Waals surface area contributed by atoms with Gasteiger partial charge in [0.2, 0.25) is 0 Å². The Balaban J connectivity index is 0.000000165. The van der Waals surface area contributed by atoms with Crippen molar-refractivity contribution in [3.8, 4) is 0 Å². The zero-order valence-electron chi connectivity index (χ0n) is 8.61. The summed E-state index contributed by atoms with van der Waals surface area (Å²) in [7, 11) is 0. The summed E-state index contributed by atoms with van der Waals surface area (Å²) in [5.41, 5.74) is 1.44. The second kappa shape index (κ2) is 6.96. The van der Waals surface area contributed by atoms with E-state index in [1.54, 1.807) is 0 Å².